The first kappa shape index (κ1) is 11.2. The Morgan fingerprint density at radius 2 is 2.31 bits per heavy atom. The molecule has 1 saturated heterocycles. The van der Waals surface area contributed by atoms with Gasteiger partial charge < -0.3 is 10.5 Å². The molecular weight excluding hydrogens is 228 g/mol. The summed E-state index contributed by atoms with van der Waals surface area (Å²) in [5, 5.41) is -0.451. The standard InChI is InChI=1S/C10H14N2O3S/c1-15-10-8(11)5-7(6-12-10)9-3-2-4-16(9,13)14/h5-6,9H,2-4,11H2,1H3. The second-order valence-electron chi connectivity index (χ2n) is 3.87. The van der Waals surface area contributed by atoms with Gasteiger partial charge in [0.05, 0.1) is 23.8 Å². The molecule has 2 rings (SSSR count). The Morgan fingerprint density at radius 3 is 2.81 bits per heavy atom. The minimum atomic E-state index is -3.01. The van der Waals surface area contributed by atoms with Crippen molar-refractivity contribution < 1.29 is 13.2 Å². The summed E-state index contributed by atoms with van der Waals surface area (Å²) in [4.78, 5) is 4.00. The number of hydrogen-bond acceptors (Lipinski definition) is 5. The van der Waals surface area contributed by atoms with Crippen LogP contribution in [0.5, 0.6) is 5.88 Å². The molecule has 88 valence electrons. The topological polar surface area (TPSA) is 82.3 Å². The van der Waals surface area contributed by atoms with Crippen LogP contribution in [0.15, 0.2) is 12.3 Å². The lowest BCUT2D eigenvalue weighted by atomic mass is 10.1. The zero-order valence-corrected chi connectivity index (χ0v) is 9.83. The van der Waals surface area contributed by atoms with Gasteiger partial charge in [0.1, 0.15) is 0 Å². The molecule has 1 aliphatic rings. The summed E-state index contributed by atoms with van der Waals surface area (Å²) >= 11 is 0. The van der Waals surface area contributed by atoms with Gasteiger partial charge in [0.25, 0.3) is 0 Å². The van der Waals surface area contributed by atoms with E-state index in [1.54, 1.807) is 6.07 Å². The number of anilines is 1. The second kappa shape index (κ2) is 3.93. The summed E-state index contributed by atoms with van der Waals surface area (Å²) in [7, 11) is -1.54. The largest absolute Gasteiger partial charge is 0.480 e. The normalized spacial score (nSPS) is 23.2. The summed E-state index contributed by atoms with van der Waals surface area (Å²) in [5.41, 5.74) is 6.75. The van der Waals surface area contributed by atoms with E-state index in [0.29, 0.717) is 30.0 Å². The Balaban J connectivity index is 2.39. The van der Waals surface area contributed by atoms with Gasteiger partial charge in [-0.15, -0.1) is 0 Å². The quantitative estimate of drug-likeness (QED) is 0.834. The molecule has 1 aliphatic heterocycles. The number of pyridine rings is 1. The summed E-state index contributed by atoms with van der Waals surface area (Å²) in [5.74, 6) is 0.586. The van der Waals surface area contributed by atoms with Gasteiger partial charge in [-0.1, -0.05) is 0 Å². The van der Waals surface area contributed by atoms with Gasteiger partial charge in [-0.2, -0.15) is 0 Å². The number of aromatic nitrogens is 1. The van der Waals surface area contributed by atoms with E-state index in [0.717, 1.165) is 0 Å². The van der Waals surface area contributed by atoms with Crippen molar-refractivity contribution in [1.29, 1.82) is 0 Å². The van der Waals surface area contributed by atoms with E-state index in [9.17, 15) is 8.42 Å². The van der Waals surface area contributed by atoms with Crippen molar-refractivity contribution in [1.82, 2.24) is 4.98 Å². The fraction of sp³-hybridized carbons (Fsp3) is 0.500. The minimum absolute atomic E-state index is 0.254. The van der Waals surface area contributed by atoms with E-state index in [-0.39, 0.29) is 5.75 Å². The van der Waals surface area contributed by atoms with E-state index in [1.165, 1.54) is 13.3 Å². The third-order valence-electron chi connectivity index (χ3n) is 2.79. The summed E-state index contributed by atoms with van der Waals surface area (Å²) < 4.78 is 28.4. The molecule has 1 aromatic rings. The van der Waals surface area contributed by atoms with E-state index >= 15 is 0 Å². The van der Waals surface area contributed by atoms with Gasteiger partial charge in [-0.25, -0.2) is 13.4 Å². The van der Waals surface area contributed by atoms with Crippen LogP contribution in [0.4, 0.5) is 5.69 Å². The van der Waals surface area contributed by atoms with Crippen molar-refractivity contribution in [2.75, 3.05) is 18.6 Å². The molecule has 0 radical (unpaired) electrons. The molecule has 0 saturated carbocycles. The lowest BCUT2D eigenvalue weighted by Gasteiger charge is -2.11. The molecular formula is C10H14N2O3S. The lowest BCUT2D eigenvalue weighted by Crippen LogP contribution is -2.09. The number of sulfone groups is 1. The number of nitrogens with two attached hydrogens (primary N) is 1. The van der Waals surface area contributed by atoms with E-state index in [2.05, 4.69) is 4.98 Å². The van der Waals surface area contributed by atoms with Gasteiger partial charge in [-0.3, -0.25) is 0 Å². The number of hydrogen-bond donors (Lipinski definition) is 1. The third-order valence-corrected chi connectivity index (χ3v) is 5.03. The van der Waals surface area contributed by atoms with Crippen LogP contribution in [0.25, 0.3) is 0 Å². The first-order valence-electron chi connectivity index (χ1n) is 5.05. The molecule has 16 heavy (non-hydrogen) atoms. The Kier molecular flexibility index (Phi) is 2.75. The molecule has 0 bridgehead atoms. The maximum Gasteiger partial charge on any atom is 0.236 e. The van der Waals surface area contributed by atoms with Crippen molar-refractivity contribution in [3.8, 4) is 5.88 Å². The highest BCUT2D eigenvalue weighted by molar-refractivity contribution is 7.91. The Labute approximate surface area is 94.5 Å². The number of rotatable bonds is 2. The Morgan fingerprint density at radius 1 is 1.56 bits per heavy atom. The first-order chi connectivity index (χ1) is 7.54. The fourth-order valence-electron chi connectivity index (χ4n) is 2.00. The van der Waals surface area contributed by atoms with E-state index in [1.807, 2.05) is 0 Å². The Hall–Kier alpha value is -1.30. The maximum atomic E-state index is 11.7. The van der Waals surface area contributed by atoms with Crippen molar-refractivity contribution in [3.05, 3.63) is 17.8 Å². The average Bonchev–Trinajstić information content (AvgIpc) is 2.58. The highest BCUT2D eigenvalue weighted by Gasteiger charge is 2.33. The van der Waals surface area contributed by atoms with Crippen LogP contribution in [0.3, 0.4) is 0 Å². The molecule has 1 fully saturated rings. The van der Waals surface area contributed by atoms with E-state index < -0.39 is 15.1 Å². The Bertz CT molecular complexity index is 499. The highest BCUT2D eigenvalue weighted by atomic mass is 32.2. The lowest BCUT2D eigenvalue weighted by molar-refractivity contribution is 0.400. The van der Waals surface area contributed by atoms with Crippen LogP contribution in [-0.2, 0) is 9.84 Å². The van der Waals surface area contributed by atoms with Crippen molar-refractivity contribution >= 4 is 15.5 Å². The molecule has 2 N–H and O–H groups in total. The number of nitrogens with zero attached hydrogens (tertiary/aromatic N) is 1. The zero-order chi connectivity index (χ0) is 11.8. The molecule has 2 heterocycles. The molecule has 5 nitrogen and oxygen atoms in total. The van der Waals surface area contributed by atoms with Crippen LogP contribution in [-0.4, -0.2) is 26.3 Å². The van der Waals surface area contributed by atoms with Gasteiger partial charge in [0.15, 0.2) is 9.84 Å². The van der Waals surface area contributed by atoms with Gasteiger partial charge in [0, 0.05) is 6.20 Å². The average molecular weight is 242 g/mol. The maximum absolute atomic E-state index is 11.7. The summed E-state index contributed by atoms with van der Waals surface area (Å²) in [6, 6.07) is 1.64. The predicted molar refractivity (Wildman–Crippen MR) is 61.0 cm³/mol. The van der Waals surface area contributed by atoms with Crippen molar-refractivity contribution in [2.24, 2.45) is 0 Å². The number of nitrogen functional groups attached to an aromatic ring is 1. The van der Waals surface area contributed by atoms with Crippen LogP contribution < -0.4 is 10.5 Å². The van der Waals surface area contributed by atoms with Gasteiger partial charge >= 0.3 is 0 Å². The summed E-state index contributed by atoms with van der Waals surface area (Å²) in [6.45, 7) is 0. The van der Waals surface area contributed by atoms with Crippen molar-refractivity contribution in [2.45, 2.75) is 18.1 Å². The van der Waals surface area contributed by atoms with Crippen LogP contribution in [0.2, 0.25) is 0 Å². The molecule has 0 aliphatic carbocycles. The van der Waals surface area contributed by atoms with E-state index in [4.69, 9.17) is 10.5 Å². The minimum Gasteiger partial charge on any atom is -0.480 e. The predicted octanol–water partition coefficient (Wildman–Crippen LogP) is 0.922. The molecule has 1 unspecified atom stereocenters. The molecule has 1 aromatic heterocycles. The summed E-state index contributed by atoms with van der Waals surface area (Å²) in [6.07, 6.45) is 2.89. The fourth-order valence-corrected chi connectivity index (χ4v) is 3.92. The molecule has 1 atom stereocenters. The smallest absolute Gasteiger partial charge is 0.236 e. The van der Waals surface area contributed by atoms with Crippen LogP contribution in [0, 0.1) is 0 Å². The third kappa shape index (κ3) is 1.84. The molecule has 0 spiro atoms. The van der Waals surface area contributed by atoms with Crippen LogP contribution in [0.1, 0.15) is 23.7 Å². The molecule has 6 heteroatoms. The highest BCUT2D eigenvalue weighted by Crippen LogP contribution is 2.35. The zero-order valence-electron chi connectivity index (χ0n) is 9.01. The second-order valence-corrected chi connectivity index (χ2v) is 6.17. The van der Waals surface area contributed by atoms with Gasteiger partial charge in [-0.05, 0) is 24.5 Å². The van der Waals surface area contributed by atoms with Crippen molar-refractivity contribution in [3.63, 3.8) is 0 Å². The van der Waals surface area contributed by atoms with Crippen LogP contribution >= 0.6 is 0 Å². The molecule has 0 aromatic carbocycles. The number of methoxy groups -OCH3 is 1. The first-order valence-corrected chi connectivity index (χ1v) is 6.77. The number of ether oxygens (including phenoxy) is 1. The monoisotopic (exact) mass is 242 g/mol. The molecule has 0 amide bonds. The van der Waals surface area contributed by atoms with Gasteiger partial charge in [0.2, 0.25) is 5.88 Å². The SMILES string of the molecule is COc1ncc(C2CCCS2(=O)=O)cc1N.